The molecule has 0 saturated heterocycles. The Hall–Kier alpha value is -1.56. The second kappa shape index (κ2) is 4.79. The van der Waals surface area contributed by atoms with Crippen LogP contribution < -0.4 is 16.4 Å². The first-order valence-corrected chi connectivity index (χ1v) is 4.77. The lowest BCUT2D eigenvalue weighted by Gasteiger charge is -2.25. The SMILES string of the molecule is CCOC(=O)C1=C(CN)NC(=O)NC1C. The van der Waals surface area contributed by atoms with Crippen LogP contribution in [0.5, 0.6) is 0 Å². The minimum atomic E-state index is -0.446. The fraction of sp³-hybridized carbons (Fsp3) is 0.556. The van der Waals surface area contributed by atoms with E-state index >= 15 is 0 Å². The third-order valence-corrected chi connectivity index (χ3v) is 2.07. The Kier molecular flexibility index (Phi) is 3.68. The van der Waals surface area contributed by atoms with E-state index in [0.29, 0.717) is 17.9 Å². The van der Waals surface area contributed by atoms with Crippen LogP contribution in [0.3, 0.4) is 0 Å². The van der Waals surface area contributed by atoms with Crippen molar-refractivity contribution in [3.8, 4) is 0 Å². The number of hydrogen-bond acceptors (Lipinski definition) is 4. The smallest absolute Gasteiger partial charge is 0.337 e. The number of urea groups is 1. The third kappa shape index (κ3) is 2.47. The molecule has 1 heterocycles. The van der Waals surface area contributed by atoms with Gasteiger partial charge in [0.15, 0.2) is 0 Å². The van der Waals surface area contributed by atoms with Crippen LogP contribution >= 0.6 is 0 Å². The molecule has 0 spiro atoms. The number of carbonyl (C=O) groups is 2. The van der Waals surface area contributed by atoms with E-state index in [4.69, 9.17) is 10.5 Å². The van der Waals surface area contributed by atoms with Gasteiger partial charge in [-0.2, -0.15) is 0 Å². The summed E-state index contributed by atoms with van der Waals surface area (Å²) in [7, 11) is 0. The topological polar surface area (TPSA) is 93.4 Å². The lowest BCUT2D eigenvalue weighted by molar-refractivity contribution is -0.138. The second-order valence-corrected chi connectivity index (χ2v) is 3.14. The van der Waals surface area contributed by atoms with Crippen molar-refractivity contribution in [2.75, 3.05) is 13.2 Å². The lowest BCUT2D eigenvalue weighted by atomic mass is 10.0. The quantitative estimate of drug-likeness (QED) is 0.549. The van der Waals surface area contributed by atoms with Crippen molar-refractivity contribution >= 4 is 12.0 Å². The van der Waals surface area contributed by atoms with Gasteiger partial charge in [0.2, 0.25) is 0 Å². The first-order valence-electron chi connectivity index (χ1n) is 4.77. The molecule has 0 bridgehead atoms. The van der Waals surface area contributed by atoms with Crippen LogP contribution in [0.1, 0.15) is 13.8 Å². The fourth-order valence-electron chi connectivity index (χ4n) is 1.44. The Bertz CT molecular complexity index is 312. The molecule has 15 heavy (non-hydrogen) atoms. The van der Waals surface area contributed by atoms with Gasteiger partial charge in [-0.25, -0.2) is 9.59 Å². The molecule has 4 N–H and O–H groups in total. The van der Waals surface area contributed by atoms with Crippen LogP contribution in [0.2, 0.25) is 0 Å². The number of esters is 1. The van der Waals surface area contributed by atoms with Gasteiger partial charge in [-0.05, 0) is 13.8 Å². The van der Waals surface area contributed by atoms with E-state index in [1.807, 2.05) is 0 Å². The van der Waals surface area contributed by atoms with E-state index < -0.39 is 5.97 Å². The van der Waals surface area contributed by atoms with Crippen LogP contribution in [0.4, 0.5) is 4.79 Å². The van der Waals surface area contributed by atoms with Crippen molar-refractivity contribution in [3.05, 3.63) is 11.3 Å². The number of rotatable bonds is 3. The predicted molar refractivity (Wildman–Crippen MR) is 53.8 cm³/mol. The number of amides is 2. The second-order valence-electron chi connectivity index (χ2n) is 3.14. The summed E-state index contributed by atoms with van der Waals surface area (Å²) in [5.41, 5.74) is 6.25. The van der Waals surface area contributed by atoms with E-state index in [0.717, 1.165) is 0 Å². The van der Waals surface area contributed by atoms with Crippen LogP contribution in [-0.4, -0.2) is 31.2 Å². The van der Waals surface area contributed by atoms with Gasteiger partial charge in [0.05, 0.1) is 18.2 Å². The van der Waals surface area contributed by atoms with Gasteiger partial charge in [-0.1, -0.05) is 0 Å². The van der Waals surface area contributed by atoms with Crippen LogP contribution in [0.25, 0.3) is 0 Å². The Morgan fingerprint density at radius 2 is 2.27 bits per heavy atom. The molecule has 0 fully saturated rings. The molecule has 1 unspecified atom stereocenters. The molecular formula is C9H15N3O3. The highest BCUT2D eigenvalue weighted by molar-refractivity contribution is 5.94. The summed E-state index contributed by atoms with van der Waals surface area (Å²) in [5.74, 6) is -0.446. The number of nitrogens with one attached hydrogen (secondary N) is 2. The van der Waals surface area contributed by atoms with E-state index in [-0.39, 0.29) is 18.6 Å². The van der Waals surface area contributed by atoms with Crippen LogP contribution in [-0.2, 0) is 9.53 Å². The monoisotopic (exact) mass is 213 g/mol. The zero-order valence-corrected chi connectivity index (χ0v) is 8.79. The normalized spacial score (nSPS) is 20.7. The Balaban J connectivity index is 2.97. The van der Waals surface area contributed by atoms with Gasteiger partial charge >= 0.3 is 12.0 Å². The molecule has 1 rings (SSSR count). The number of carbonyl (C=O) groups excluding carboxylic acids is 2. The maximum Gasteiger partial charge on any atom is 0.337 e. The molecule has 0 aliphatic carbocycles. The molecule has 0 aromatic rings. The molecule has 6 nitrogen and oxygen atoms in total. The average molecular weight is 213 g/mol. The molecule has 1 aliphatic heterocycles. The van der Waals surface area contributed by atoms with Gasteiger partial charge in [-0.15, -0.1) is 0 Å². The van der Waals surface area contributed by atoms with E-state index in [1.165, 1.54) is 0 Å². The molecule has 2 amide bonds. The predicted octanol–water partition coefficient (Wildman–Crippen LogP) is -0.536. The summed E-state index contributed by atoms with van der Waals surface area (Å²) in [6, 6.07) is -0.729. The van der Waals surface area contributed by atoms with E-state index in [9.17, 15) is 9.59 Å². The summed E-state index contributed by atoms with van der Waals surface area (Å²) in [6.45, 7) is 3.83. The molecule has 6 heteroatoms. The minimum Gasteiger partial charge on any atom is -0.463 e. The highest BCUT2D eigenvalue weighted by Crippen LogP contribution is 2.12. The first kappa shape index (κ1) is 11.5. The number of hydrogen-bond donors (Lipinski definition) is 3. The third-order valence-electron chi connectivity index (χ3n) is 2.07. The molecule has 1 aliphatic rings. The van der Waals surface area contributed by atoms with Crippen molar-refractivity contribution in [2.24, 2.45) is 5.73 Å². The summed E-state index contributed by atoms with van der Waals surface area (Å²) >= 11 is 0. The van der Waals surface area contributed by atoms with Gasteiger partial charge in [-0.3, -0.25) is 0 Å². The Morgan fingerprint density at radius 3 is 2.80 bits per heavy atom. The number of nitrogens with two attached hydrogens (primary N) is 1. The van der Waals surface area contributed by atoms with E-state index in [2.05, 4.69) is 10.6 Å². The van der Waals surface area contributed by atoms with Crippen LogP contribution in [0, 0.1) is 0 Å². The van der Waals surface area contributed by atoms with Crippen molar-refractivity contribution in [1.29, 1.82) is 0 Å². The van der Waals surface area contributed by atoms with Crippen molar-refractivity contribution in [3.63, 3.8) is 0 Å². The maximum atomic E-state index is 11.6. The van der Waals surface area contributed by atoms with Crippen molar-refractivity contribution < 1.29 is 14.3 Å². The molecule has 0 aromatic carbocycles. The molecule has 0 saturated carbocycles. The minimum absolute atomic E-state index is 0.103. The summed E-state index contributed by atoms with van der Waals surface area (Å²) in [5, 5.41) is 5.06. The lowest BCUT2D eigenvalue weighted by Crippen LogP contribution is -2.50. The summed E-state index contributed by atoms with van der Waals surface area (Å²) in [6.07, 6.45) is 0. The van der Waals surface area contributed by atoms with Gasteiger partial charge in [0.25, 0.3) is 0 Å². The fourth-order valence-corrected chi connectivity index (χ4v) is 1.44. The van der Waals surface area contributed by atoms with Gasteiger partial charge in [0.1, 0.15) is 0 Å². The van der Waals surface area contributed by atoms with E-state index in [1.54, 1.807) is 13.8 Å². The zero-order chi connectivity index (χ0) is 11.4. The average Bonchev–Trinajstić information content (AvgIpc) is 2.16. The maximum absolute atomic E-state index is 11.6. The molecule has 0 radical (unpaired) electrons. The molecule has 1 atom stereocenters. The summed E-state index contributed by atoms with van der Waals surface area (Å²) < 4.78 is 4.88. The highest BCUT2D eigenvalue weighted by atomic mass is 16.5. The van der Waals surface area contributed by atoms with Crippen molar-refractivity contribution in [2.45, 2.75) is 19.9 Å². The highest BCUT2D eigenvalue weighted by Gasteiger charge is 2.28. The molecule has 0 aromatic heterocycles. The van der Waals surface area contributed by atoms with Crippen LogP contribution in [0.15, 0.2) is 11.3 Å². The van der Waals surface area contributed by atoms with Gasteiger partial charge < -0.3 is 21.1 Å². The molecule has 84 valence electrons. The largest absolute Gasteiger partial charge is 0.463 e. The first-order chi connectivity index (χ1) is 7.10. The standard InChI is InChI=1S/C9H15N3O3/c1-3-15-8(13)7-5(2)11-9(14)12-6(7)4-10/h5H,3-4,10H2,1-2H3,(H2,11,12,14). The van der Waals surface area contributed by atoms with Gasteiger partial charge in [0, 0.05) is 12.2 Å². The Labute approximate surface area is 87.8 Å². The van der Waals surface area contributed by atoms with Crippen molar-refractivity contribution in [1.82, 2.24) is 10.6 Å². The Morgan fingerprint density at radius 1 is 1.60 bits per heavy atom. The number of ether oxygens (including phenoxy) is 1. The summed E-state index contributed by atoms with van der Waals surface area (Å²) in [4.78, 5) is 22.7. The molecular weight excluding hydrogens is 198 g/mol. The zero-order valence-electron chi connectivity index (χ0n) is 8.79.